The summed E-state index contributed by atoms with van der Waals surface area (Å²) in [4.78, 5) is 11.2. The van der Waals surface area contributed by atoms with Crippen LogP contribution in [0.25, 0.3) is 0 Å². The van der Waals surface area contributed by atoms with Gasteiger partial charge in [-0.25, -0.2) is 13.2 Å². The fraction of sp³-hybridized carbons (Fsp3) is 0.643. The highest BCUT2D eigenvalue weighted by Gasteiger charge is 2.41. The van der Waals surface area contributed by atoms with Gasteiger partial charge in [-0.05, 0) is 32.6 Å². The third-order valence-electron chi connectivity index (χ3n) is 4.00. The Kier molecular flexibility index (Phi) is 4.17. The van der Waals surface area contributed by atoms with Crippen molar-refractivity contribution < 1.29 is 22.7 Å². The number of rotatable bonds is 4. The summed E-state index contributed by atoms with van der Waals surface area (Å²) in [7, 11) is -3.86. The van der Waals surface area contributed by atoms with Gasteiger partial charge in [0.2, 0.25) is 10.0 Å². The summed E-state index contributed by atoms with van der Waals surface area (Å²) in [5, 5.41) is 9.30. The number of aromatic carboxylic acids is 1. The van der Waals surface area contributed by atoms with Crippen LogP contribution in [-0.2, 0) is 10.0 Å². The SMILES string of the molecule is Cc1oc(C)c(S(=O)(=O)N2CCCC2C(C)C)c1C(=O)O. The van der Waals surface area contributed by atoms with Crippen molar-refractivity contribution in [1.82, 2.24) is 4.31 Å². The van der Waals surface area contributed by atoms with E-state index >= 15 is 0 Å². The summed E-state index contributed by atoms with van der Waals surface area (Å²) in [6.45, 7) is 7.34. The van der Waals surface area contributed by atoms with Crippen molar-refractivity contribution >= 4 is 16.0 Å². The van der Waals surface area contributed by atoms with Crippen LogP contribution in [0.3, 0.4) is 0 Å². The Morgan fingerprint density at radius 2 is 1.95 bits per heavy atom. The van der Waals surface area contributed by atoms with Crippen LogP contribution in [0.15, 0.2) is 9.31 Å². The van der Waals surface area contributed by atoms with Gasteiger partial charge in [-0.15, -0.1) is 0 Å². The molecule has 118 valence electrons. The zero-order valence-electron chi connectivity index (χ0n) is 12.7. The van der Waals surface area contributed by atoms with Gasteiger partial charge in [-0.1, -0.05) is 13.8 Å². The molecule has 1 N–H and O–H groups in total. The molecule has 21 heavy (non-hydrogen) atoms. The Morgan fingerprint density at radius 1 is 1.33 bits per heavy atom. The van der Waals surface area contributed by atoms with Crippen molar-refractivity contribution in [2.24, 2.45) is 5.92 Å². The Morgan fingerprint density at radius 3 is 2.48 bits per heavy atom. The van der Waals surface area contributed by atoms with Crippen molar-refractivity contribution in [1.29, 1.82) is 0 Å². The van der Waals surface area contributed by atoms with Crippen LogP contribution in [0.1, 0.15) is 48.6 Å². The third-order valence-corrected chi connectivity index (χ3v) is 6.08. The van der Waals surface area contributed by atoms with Gasteiger partial charge in [0.25, 0.3) is 0 Å². The maximum Gasteiger partial charge on any atom is 0.340 e. The molecule has 2 heterocycles. The predicted molar refractivity (Wildman–Crippen MR) is 76.9 cm³/mol. The zero-order valence-corrected chi connectivity index (χ0v) is 13.5. The van der Waals surface area contributed by atoms with E-state index in [4.69, 9.17) is 4.42 Å². The first kappa shape index (κ1) is 16.0. The van der Waals surface area contributed by atoms with Gasteiger partial charge in [-0.2, -0.15) is 4.31 Å². The topological polar surface area (TPSA) is 87.8 Å². The van der Waals surface area contributed by atoms with E-state index in [0.29, 0.717) is 6.54 Å². The summed E-state index contributed by atoms with van der Waals surface area (Å²) < 4.78 is 32.5. The van der Waals surface area contributed by atoms with Crippen molar-refractivity contribution in [3.8, 4) is 0 Å². The molecule has 6 nitrogen and oxygen atoms in total. The Balaban J connectivity index is 2.58. The highest BCUT2D eigenvalue weighted by molar-refractivity contribution is 7.89. The highest BCUT2D eigenvalue weighted by Crippen LogP contribution is 2.35. The van der Waals surface area contributed by atoms with Crippen LogP contribution in [0.5, 0.6) is 0 Å². The van der Waals surface area contributed by atoms with Crippen molar-refractivity contribution in [2.75, 3.05) is 6.54 Å². The van der Waals surface area contributed by atoms with Crippen LogP contribution >= 0.6 is 0 Å². The minimum Gasteiger partial charge on any atom is -0.478 e. The maximum absolute atomic E-state index is 12.9. The molecule has 7 heteroatoms. The normalized spacial score (nSPS) is 20.3. The molecule has 0 bridgehead atoms. The van der Waals surface area contributed by atoms with E-state index in [9.17, 15) is 18.3 Å². The van der Waals surface area contributed by atoms with Crippen LogP contribution in [0.4, 0.5) is 0 Å². The lowest BCUT2D eigenvalue weighted by atomic mass is 10.0. The molecule has 1 aliphatic rings. The van der Waals surface area contributed by atoms with Crippen molar-refractivity contribution in [2.45, 2.75) is 51.5 Å². The van der Waals surface area contributed by atoms with Gasteiger partial charge in [0, 0.05) is 12.6 Å². The van der Waals surface area contributed by atoms with E-state index in [1.54, 1.807) is 0 Å². The average Bonchev–Trinajstić information content (AvgIpc) is 2.93. The number of carboxylic acid groups (broad SMARTS) is 1. The van der Waals surface area contributed by atoms with Gasteiger partial charge in [0.05, 0.1) is 0 Å². The number of hydrogen-bond donors (Lipinski definition) is 1. The number of carboxylic acids is 1. The highest BCUT2D eigenvalue weighted by atomic mass is 32.2. The second-order valence-corrected chi connectivity index (χ2v) is 7.62. The molecule has 0 aromatic carbocycles. The van der Waals surface area contributed by atoms with Crippen LogP contribution < -0.4 is 0 Å². The van der Waals surface area contributed by atoms with Gasteiger partial charge < -0.3 is 9.52 Å². The summed E-state index contributed by atoms with van der Waals surface area (Å²) >= 11 is 0. The fourth-order valence-electron chi connectivity index (χ4n) is 3.07. The van der Waals surface area contributed by atoms with Gasteiger partial charge in [0.15, 0.2) is 0 Å². The molecule has 0 saturated carbocycles. The molecule has 1 aliphatic heterocycles. The molecular weight excluding hydrogens is 294 g/mol. The summed E-state index contributed by atoms with van der Waals surface area (Å²) in [6, 6.07) is -0.0914. The van der Waals surface area contributed by atoms with E-state index in [2.05, 4.69) is 0 Å². The van der Waals surface area contributed by atoms with Crippen molar-refractivity contribution in [3.05, 3.63) is 17.1 Å². The minimum atomic E-state index is -3.86. The lowest BCUT2D eigenvalue weighted by molar-refractivity contribution is 0.0691. The van der Waals surface area contributed by atoms with Gasteiger partial charge >= 0.3 is 5.97 Å². The Bertz CT molecular complexity index is 659. The molecular formula is C14H21NO5S. The monoisotopic (exact) mass is 315 g/mol. The first-order valence-corrected chi connectivity index (χ1v) is 8.47. The summed E-state index contributed by atoms with van der Waals surface area (Å²) in [5.74, 6) is -0.828. The number of hydrogen-bond acceptors (Lipinski definition) is 4. The first-order chi connectivity index (χ1) is 9.67. The van der Waals surface area contributed by atoms with Crippen LogP contribution in [0, 0.1) is 19.8 Å². The lowest BCUT2D eigenvalue weighted by Crippen LogP contribution is -2.39. The Hall–Kier alpha value is -1.34. The predicted octanol–water partition coefficient (Wildman–Crippen LogP) is 2.40. The number of nitrogens with zero attached hydrogens (tertiary/aromatic N) is 1. The largest absolute Gasteiger partial charge is 0.478 e. The van der Waals surface area contributed by atoms with Crippen LogP contribution in [0.2, 0.25) is 0 Å². The lowest BCUT2D eigenvalue weighted by Gasteiger charge is -2.26. The number of carbonyl (C=O) groups is 1. The van der Waals surface area contributed by atoms with E-state index in [0.717, 1.165) is 12.8 Å². The van der Waals surface area contributed by atoms with Crippen molar-refractivity contribution in [3.63, 3.8) is 0 Å². The van der Waals surface area contributed by atoms with E-state index in [1.807, 2.05) is 13.8 Å². The fourth-order valence-corrected chi connectivity index (χ4v) is 5.27. The molecule has 0 amide bonds. The average molecular weight is 315 g/mol. The van der Waals surface area contributed by atoms with E-state index in [1.165, 1.54) is 18.2 Å². The summed E-state index contributed by atoms with van der Waals surface area (Å²) in [6.07, 6.45) is 1.59. The molecule has 1 aromatic heterocycles. The first-order valence-electron chi connectivity index (χ1n) is 7.03. The molecule has 0 radical (unpaired) electrons. The molecule has 0 aliphatic carbocycles. The molecule has 1 fully saturated rings. The minimum absolute atomic E-state index is 0.0914. The molecule has 1 atom stereocenters. The molecule has 1 aromatic rings. The quantitative estimate of drug-likeness (QED) is 0.921. The second-order valence-electron chi connectivity index (χ2n) is 5.79. The smallest absolute Gasteiger partial charge is 0.340 e. The standard InChI is InChI=1S/C14H21NO5S/c1-8(2)11-6-5-7-15(11)21(18,19)13-10(4)20-9(3)12(13)14(16)17/h8,11H,5-7H2,1-4H3,(H,16,17). The summed E-state index contributed by atoms with van der Waals surface area (Å²) in [5.41, 5.74) is -0.248. The van der Waals surface area contributed by atoms with Gasteiger partial charge in [-0.3, -0.25) is 0 Å². The molecule has 0 spiro atoms. The molecule has 1 unspecified atom stereocenters. The molecule has 1 saturated heterocycles. The van der Waals surface area contributed by atoms with E-state index < -0.39 is 16.0 Å². The maximum atomic E-state index is 12.9. The number of aryl methyl sites for hydroxylation is 2. The number of furan rings is 1. The van der Waals surface area contributed by atoms with E-state index in [-0.39, 0.29) is 33.9 Å². The van der Waals surface area contributed by atoms with Gasteiger partial charge in [0.1, 0.15) is 22.0 Å². The third kappa shape index (κ3) is 2.60. The second kappa shape index (κ2) is 5.46. The van der Waals surface area contributed by atoms with Crippen LogP contribution in [-0.4, -0.2) is 36.4 Å². The molecule has 2 rings (SSSR count). The number of sulfonamides is 1. The zero-order chi connectivity index (χ0) is 15.9. The Labute approximate surface area is 124 Å².